The molecule has 0 aliphatic carbocycles. The molecule has 0 aromatic heterocycles. The minimum Gasteiger partial charge on any atom is -0.357 e. The molecule has 0 unspecified atom stereocenters. The van der Waals surface area contributed by atoms with Gasteiger partial charge in [-0.3, -0.25) is 13.9 Å². The largest absolute Gasteiger partial charge is 0.357 e. The molecule has 4 rings (SSSR count). The summed E-state index contributed by atoms with van der Waals surface area (Å²) in [6.45, 7) is 3.07. The van der Waals surface area contributed by atoms with Gasteiger partial charge in [0.15, 0.2) is 0 Å². The second-order valence-corrected chi connectivity index (χ2v) is 12.9. The van der Waals surface area contributed by atoms with Crippen LogP contribution in [0.15, 0.2) is 102 Å². The molecule has 2 amide bonds. The van der Waals surface area contributed by atoms with E-state index in [1.54, 1.807) is 54.6 Å². The predicted molar refractivity (Wildman–Crippen MR) is 172 cm³/mol. The lowest BCUT2D eigenvalue weighted by atomic mass is 10.0. The smallest absolute Gasteiger partial charge is 0.264 e. The maximum atomic E-state index is 14.4. The van der Waals surface area contributed by atoms with Crippen molar-refractivity contribution in [3.05, 3.63) is 129 Å². The van der Waals surface area contributed by atoms with Crippen LogP contribution < -0.4 is 9.62 Å². The van der Waals surface area contributed by atoms with Crippen molar-refractivity contribution < 1.29 is 18.0 Å². The highest BCUT2D eigenvalue weighted by Crippen LogP contribution is 2.29. The van der Waals surface area contributed by atoms with Crippen LogP contribution in [-0.4, -0.2) is 44.8 Å². The molecular weight excluding hydrogens is 605 g/mol. The molecule has 224 valence electrons. The Labute approximate surface area is 263 Å². The predicted octanol–water partition coefficient (Wildman–Crippen LogP) is 6.19. The summed E-state index contributed by atoms with van der Waals surface area (Å²) in [6, 6.07) is 26.6. The normalized spacial score (nSPS) is 11.9. The molecule has 0 spiro atoms. The van der Waals surface area contributed by atoms with Gasteiger partial charge in [0.25, 0.3) is 10.0 Å². The summed E-state index contributed by atoms with van der Waals surface area (Å²) in [6.07, 6.45) is 0.184. The van der Waals surface area contributed by atoms with Gasteiger partial charge in [-0.05, 0) is 55.8 Å². The number of nitrogens with one attached hydrogen (secondary N) is 1. The van der Waals surface area contributed by atoms with Crippen molar-refractivity contribution >= 4 is 50.7 Å². The van der Waals surface area contributed by atoms with Crippen LogP contribution in [0.1, 0.15) is 22.3 Å². The first kappa shape index (κ1) is 32.1. The number of nitrogens with zero attached hydrogens (tertiary/aromatic N) is 2. The van der Waals surface area contributed by atoms with Crippen LogP contribution in [0.5, 0.6) is 0 Å². The molecule has 0 saturated heterocycles. The molecule has 10 heteroatoms. The molecule has 1 N–H and O–H groups in total. The molecule has 0 aliphatic rings. The third kappa shape index (κ3) is 7.76. The highest BCUT2D eigenvalue weighted by atomic mass is 35.5. The molecule has 0 bridgehead atoms. The Kier molecular flexibility index (Phi) is 10.5. The van der Waals surface area contributed by atoms with Gasteiger partial charge in [-0.15, -0.1) is 0 Å². The lowest BCUT2D eigenvalue weighted by Gasteiger charge is -2.34. The number of likely N-dealkylation sites (N-methyl/N-ethyl adjacent to an activating group) is 1. The van der Waals surface area contributed by atoms with Crippen molar-refractivity contribution in [1.82, 2.24) is 10.2 Å². The quantitative estimate of drug-likeness (QED) is 0.212. The first-order chi connectivity index (χ1) is 20.5. The number of carbonyl (C=O) groups is 2. The molecule has 4 aromatic rings. The fourth-order valence-corrected chi connectivity index (χ4v) is 6.58. The van der Waals surface area contributed by atoms with Crippen molar-refractivity contribution in [2.45, 2.75) is 37.8 Å². The zero-order valence-corrected chi connectivity index (χ0v) is 26.5. The number of halogens is 2. The highest BCUT2D eigenvalue weighted by Gasteiger charge is 2.35. The van der Waals surface area contributed by atoms with Crippen LogP contribution in [0, 0.1) is 13.8 Å². The van der Waals surface area contributed by atoms with E-state index in [2.05, 4.69) is 5.32 Å². The lowest BCUT2D eigenvalue weighted by Crippen LogP contribution is -2.53. The van der Waals surface area contributed by atoms with E-state index in [1.807, 2.05) is 44.2 Å². The number of sulfonamides is 1. The van der Waals surface area contributed by atoms with E-state index in [0.717, 1.165) is 21.0 Å². The fourth-order valence-electron chi connectivity index (χ4n) is 4.65. The van der Waals surface area contributed by atoms with Crippen LogP contribution in [0.2, 0.25) is 10.0 Å². The first-order valence-corrected chi connectivity index (χ1v) is 15.8. The Morgan fingerprint density at radius 3 is 1.91 bits per heavy atom. The molecule has 0 heterocycles. The van der Waals surface area contributed by atoms with Gasteiger partial charge >= 0.3 is 0 Å². The maximum Gasteiger partial charge on any atom is 0.264 e. The van der Waals surface area contributed by atoms with Gasteiger partial charge in [-0.2, -0.15) is 0 Å². The number of carbonyl (C=O) groups excluding carboxylic acids is 2. The van der Waals surface area contributed by atoms with E-state index in [-0.39, 0.29) is 17.9 Å². The Balaban J connectivity index is 1.81. The van der Waals surface area contributed by atoms with Crippen LogP contribution in [0.3, 0.4) is 0 Å². The van der Waals surface area contributed by atoms with E-state index in [0.29, 0.717) is 21.3 Å². The number of aryl methyl sites for hydroxylation is 2. The number of hydrogen-bond donors (Lipinski definition) is 1. The van der Waals surface area contributed by atoms with Crippen molar-refractivity contribution in [2.24, 2.45) is 0 Å². The van der Waals surface area contributed by atoms with Gasteiger partial charge in [-0.1, -0.05) is 95.0 Å². The lowest BCUT2D eigenvalue weighted by molar-refractivity contribution is -0.139. The number of anilines is 1. The summed E-state index contributed by atoms with van der Waals surface area (Å²) >= 11 is 13.0. The van der Waals surface area contributed by atoms with Crippen molar-refractivity contribution in [1.29, 1.82) is 0 Å². The second kappa shape index (κ2) is 14.1. The average molecular weight is 639 g/mol. The number of amides is 2. The van der Waals surface area contributed by atoms with E-state index >= 15 is 0 Å². The maximum absolute atomic E-state index is 14.4. The monoisotopic (exact) mass is 637 g/mol. The molecule has 4 aromatic carbocycles. The highest BCUT2D eigenvalue weighted by molar-refractivity contribution is 7.92. The molecule has 0 fully saturated rings. The molecule has 0 saturated carbocycles. The van der Waals surface area contributed by atoms with Gasteiger partial charge in [0.05, 0.1) is 10.6 Å². The standard InChI is InChI=1S/C33H33Cl2N3O4S/c1-23-12-16-26(17-13-23)38(43(41,42)27-18-14-24(2)15-19-27)22-32(39)37(21-28-29(34)10-7-11-30(28)35)31(33(40)36-3)20-25-8-5-4-6-9-25/h4-19,31H,20-22H2,1-3H3,(H,36,40)/t31-/m0/s1. The second-order valence-electron chi connectivity index (χ2n) is 10.2. The van der Waals surface area contributed by atoms with Crippen LogP contribution in [-0.2, 0) is 32.6 Å². The van der Waals surface area contributed by atoms with Gasteiger partial charge in [0, 0.05) is 35.6 Å². The minimum absolute atomic E-state index is 0.0410. The average Bonchev–Trinajstić information content (AvgIpc) is 2.99. The summed E-state index contributed by atoms with van der Waals surface area (Å²) in [5.41, 5.74) is 3.41. The van der Waals surface area contributed by atoms with Crippen molar-refractivity contribution in [3.63, 3.8) is 0 Å². The Bertz CT molecular complexity index is 1660. The molecule has 0 radical (unpaired) electrons. The van der Waals surface area contributed by atoms with Gasteiger partial charge in [-0.25, -0.2) is 8.42 Å². The molecule has 1 atom stereocenters. The third-order valence-corrected chi connectivity index (χ3v) is 9.61. The third-order valence-electron chi connectivity index (χ3n) is 7.12. The Morgan fingerprint density at radius 2 is 1.35 bits per heavy atom. The van der Waals surface area contributed by atoms with Crippen molar-refractivity contribution in [2.75, 3.05) is 17.9 Å². The van der Waals surface area contributed by atoms with Gasteiger partial charge < -0.3 is 10.2 Å². The van der Waals surface area contributed by atoms with Crippen LogP contribution >= 0.6 is 23.2 Å². The summed E-state index contributed by atoms with van der Waals surface area (Å²) in [7, 11) is -2.69. The van der Waals surface area contributed by atoms with E-state index in [9.17, 15) is 18.0 Å². The number of benzene rings is 4. The summed E-state index contributed by atoms with van der Waals surface area (Å²) in [5.74, 6) is -1.01. The first-order valence-electron chi connectivity index (χ1n) is 13.6. The van der Waals surface area contributed by atoms with Crippen LogP contribution in [0.25, 0.3) is 0 Å². The molecule has 0 aliphatic heterocycles. The zero-order valence-electron chi connectivity index (χ0n) is 24.1. The van der Waals surface area contributed by atoms with E-state index in [1.165, 1.54) is 24.1 Å². The molecule has 43 heavy (non-hydrogen) atoms. The summed E-state index contributed by atoms with van der Waals surface area (Å²) in [4.78, 5) is 29.1. The molecule has 7 nitrogen and oxygen atoms in total. The minimum atomic E-state index is -4.18. The van der Waals surface area contributed by atoms with Gasteiger partial charge in [0.2, 0.25) is 11.8 Å². The van der Waals surface area contributed by atoms with Crippen molar-refractivity contribution in [3.8, 4) is 0 Å². The fraction of sp³-hybridized carbons (Fsp3) is 0.212. The SMILES string of the molecule is CNC(=O)[C@H](Cc1ccccc1)N(Cc1c(Cl)cccc1Cl)C(=O)CN(c1ccc(C)cc1)S(=O)(=O)c1ccc(C)cc1. The summed E-state index contributed by atoms with van der Waals surface area (Å²) < 4.78 is 29.2. The van der Waals surface area contributed by atoms with E-state index < -0.39 is 34.4 Å². The number of hydrogen-bond acceptors (Lipinski definition) is 4. The number of rotatable bonds is 11. The van der Waals surface area contributed by atoms with Gasteiger partial charge in [0.1, 0.15) is 12.6 Å². The zero-order chi connectivity index (χ0) is 31.1. The van der Waals surface area contributed by atoms with E-state index in [4.69, 9.17) is 23.2 Å². The topological polar surface area (TPSA) is 86.8 Å². The molecular formula is C33H33Cl2N3O4S. The Hall–Kier alpha value is -3.85. The Morgan fingerprint density at radius 1 is 0.791 bits per heavy atom. The summed E-state index contributed by atoms with van der Waals surface area (Å²) in [5, 5.41) is 3.30. The van der Waals surface area contributed by atoms with Crippen LogP contribution in [0.4, 0.5) is 5.69 Å².